The molecule has 3 aromatic heterocycles. The molecule has 0 unspecified atom stereocenters. The van der Waals surface area contributed by atoms with Gasteiger partial charge in [-0.25, -0.2) is 18.4 Å². The Kier molecular flexibility index (Phi) is 3.54. The third-order valence-electron chi connectivity index (χ3n) is 3.37. The second-order valence-electron chi connectivity index (χ2n) is 4.85. The summed E-state index contributed by atoms with van der Waals surface area (Å²) in [6.45, 7) is 0. The van der Waals surface area contributed by atoms with Crippen molar-refractivity contribution in [3.8, 4) is 11.3 Å². The SMILES string of the molecule is CN(c1ncccc1-c1cc2ccnc(Cl)c2[nH]1)S(C)(=O)=O. The fraction of sp³-hybridized carbons (Fsp3) is 0.143. The number of sulfonamides is 1. The van der Waals surface area contributed by atoms with E-state index in [1.807, 2.05) is 12.1 Å². The number of H-pyrrole nitrogens is 1. The molecule has 0 fully saturated rings. The Labute approximate surface area is 132 Å². The number of nitrogens with zero attached hydrogens (tertiary/aromatic N) is 3. The molecule has 0 radical (unpaired) electrons. The van der Waals surface area contributed by atoms with Gasteiger partial charge in [0.05, 0.1) is 17.5 Å². The van der Waals surface area contributed by atoms with Crippen LogP contribution >= 0.6 is 11.6 Å². The first-order valence-electron chi connectivity index (χ1n) is 6.40. The van der Waals surface area contributed by atoms with Crippen LogP contribution < -0.4 is 4.31 Å². The highest BCUT2D eigenvalue weighted by molar-refractivity contribution is 7.92. The van der Waals surface area contributed by atoms with Gasteiger partial charge in [0.25, 0.3) is 0 Å². The van der Waals surface area contributed by atoms with E-state index in [0.29, 0.717) is 22.1 Å². The standard InChI is InChI=1S/C14H13ClN4O2S/c1-19(22(2,20)21)14-10(4-3-6-17-14)11-8-9-5-7-16-13(15)12(9)18-11/h3-8,18H,1-2H3. The van der Waals surface area contributed by atoms with Crippen molar-refractivity contribution in [3.05, 3.63) is 41.8 Å². The van der Waals surface area contributed by atoms with Crippen molar-refractivity contribution >= 4 is 38.3 Å². The summed E-state index contributed by atoms with van der Waals surface area (Å²) in [5.74, 6) is 0.348. The highest BCUT2D eigenvalue weighted by Crippen LogP contribution is 2.32. The van der Waals surface area contributed by atoms with Crippen LogP contribution in [0, 0.1) is 0 Å². The molecule has 0 saturated heterocycles. The lowest BCUT2D eigenvalue weighted by atomic mass is 10.2. The predicted octanol–water partition coefficient (Wildman–Crippen LogP) is 2.67. The van der Waals surface area contributed by atoms with Crippen molar-refractivity contribution in [2.45, 2.75) is 0 Å². The fourth-order valence-corrected chi connectivity index (χ4v) is 2.85. The van der Waals surface area contributed by atoms with Crippen molar-refractivity contribution in [1.29, 1.82) is 0 Å². The van der Waals surface area contributed by atoms with Gasteiger partial charge in [-0.2, -0.15) is 0 Å². The zero-order valence-electron chi connectivity index (χ0n) is 11.9. The fourth-order valence-electron chi connectivity index (χ4n) is 2.18. The minimum Gasteiger partial charge on any atom is -0.352 e. The van der Waals surface area contributed by atoms with Crippen LogP contribution in [-0.4, -0.2) is 36.7 Å². The molecule has 0 atom stereocenters. The Hall–Kier alpha value is -2.12. The van der Waals surface area contributed by atoms with E-state index in [0.717, 1.165) is 21.6 Å². The van der Waals surface area contributed by atoms with Crippen molar-refractivity contribution in [3.63, 3.8) is 0 Å². The van der Waals surface area contributed by atoms with Crippen LogP contribution in [0.5, 0.6) is 0 Å². The van der Waals surface area contributed by atoms with Crippen LogP contribution in [0.4, 0.5) is 5.82 Å². The van der Waals surface area contributed by atoms with E-state index in [2.05, 4.69) is 15.0 Å². The summed E-state index contributed by atoms with van der Waals surface area (Å²) in [6.07, 6.45) is 4.31. The number of aromatic amines is 1. The van der Waals surface area contributed by atoms with Gasteiger partial charge >= 0.3 is 0 Å². The smallest absolute Gasteiger partial charge is 0.233 e. The van der Waals surface area contributed by atoms with Gasteiger partial charge in [-0.3, -0.25) is 4.31 Å². The average Bonchev–Trinajstić information content (AvgIpc) is 2.91. The first-order valence-corrected chi connectivity index (χ1v) is 8.63. The van der Waals surface area contributed by atoms with Gasteiger partial charge in [-0.15, -0.1) is 0 Å². The molecular weight excluding hydrogens is 324 g/mol. The molecule has 0 aliphatic carbocycles. The Morgan fingerprint density at radius 1 is 1.23 bits per heavy atom. The number of aromatic nitrogens is 3. The van der Waals surface area contributed by atoms with Gasteiger partial charge in [0.15, 0.2) is 11.0 Å². The van der Waals surface area contributed by atoms with Gasteiger partial charge in [0, 0.05) is 30.4 Å². The summed E-state index contributed by atoms with van der Waals surface area (Å²) in [7, 11) is -1.94. The Morgan fingerprint density at radius 3 is 2.68 bits per heavy atom. The van der Waals surface area contributed by atoms with Crippen molar-refractivity contribution in [2.75, 3.05) is 17.6 Å². The largest absolute Gasteiger partial charge is 0.352 e. The molecule has 0 aliphatic rings. The minimum atomic E-state index is -3.41. The van der Waals surface area contributed by atoms with E-state index in [4.69, 9.17) is 11.6 Å². The molecule has 1 N–H and O–H groups in total. The van der Waals surface area contributed by atoms with Gasteiger partial charge in [0.2, 0.25) is 10.0 Å². The molecule has 3 rings (SSSR count). The number of rotatable bonds is 3. The molecule has 6 nitrogen and oxygen atoms in total. The lowest BCUT2D eigenvalue weighted by Gasteiger charge is -2.18. The topological polar surface area (TPSA) is 79.0 Å². The van der Waals surface area contributed by atoms with E-state index >= 15 is 0 Å². The Morgan fingerprint density at radius 2 is 2.00 bits per heavy atom. The third kappa shape index (κ3) is 2.53. The quantitative estimate of drug-likeness (QED) is 0.746. The van der Waals surface area contributed by atoms with E-state index in [-0.39, 0.29) is 0 Å². The highest BCUT2D eigenvalue weighted by Gasteiger charge is 2.19. The van der Waals surface area contributed by atoms with Gasteiger partial charge in [-0.1, -0.05) is 11.6 Å². The number of pyridine rings is 2. The van der Waals surface area contributed by atoms with Gasteiger partial charge < -0.3 is 4.98 Å². The van der Waals surface area contributed by atoms with Gasteiger partial charge in [-0.05, 0) is 24.3 Å². The molecule has 0 saturated carbocycles. The van der Waals surface area contributed by atoms with Crippen molar-refractivity contribution in [2.24, 2.45) is 0 Å². The normalized spacial score (nSPS) is 11.8. The number of fused-ring (bicyclic) bond motifs is 1. The second kappa shape index (κ2) is 5.26. The molecule has 22 heavy (non-hydrogen) atoms. The molecular formula is C14H13ClN4O2S. The number of anilines is 1. The van der Waals surface area contributed by atoms with Crippen molar-refractivity contribution < 1.29 is 8.42 Å². The summed E-state index contributed by atoms with van der Waals surface area (Å²) < 4.78 is 24.7. The zero-order valence-corrected chi connectivity index (χ0v) is 13.5. The lowest BCUT2D eigenvalue weighted by molar-refractivity contribution is 0.600. The molecule has 3 heterocycles. The molecule has 8 heteroatoms. The van der Waals surface area contributed by atoms with Crippen LogP contribution in [0.25, 0.3) is 22.2 Å². The lowest BCUT2D eigenvalue weighted by Crippen LogP contribution is -2.26. The first-order chi connectivity index (χ1) is 10.4. The monoisotopic (exact) mass is 336 g/mol. The van der Waals surface area contributed by atoms with E-state index in [1.54, 1.807) is 24.5 Å². The van der Waals surface area contributed by atoms with Crippen molar-refractivity contribution in [1.82, 2.24) is 15.0 Å². The highest BCUT2D eigenvalue weighted by atomic mass is 35.5. The van der Waals surface area contributed by atoms with Crippen LogP contribution in [-0.2, 0) is 10.0 Å². The molecule has 0 aliphatic heterocycles. The summed E-state index contributed by atoms with van der Waals surface area (Å²) in [5.41, 5.74) is 2.10. The summed E-state index contributed by atoms with van der Waals surface area (Å²) in [5, 5.41) is 1.26. The van der Waals surface area contributed by atoms with E-state index in [1.165, 1.54) is 7.05 Å². The molecule has 0 spiro atoms. The molecule has 0 aromatic carbocycles. The molecule has 3 aromatic rings. The zero-order chi connectivity index (χ0) is 15.9. The molecule has 0 bridgehead atoms. The molecule has 114 valence electrons. The average molecular weight is 337 g/mol. The Bertz CT molecular complexity index is 952. The first kappa shape index (κ1) is 14.8. The number of nitrogens with one attached hydrogen (secondary N) is 1. The van der Waals surface area contributed by atoms with Crippen LogP contribution in [0.1, 0.15) is 0 Å². The van der Waals surface area contributed by atoms with E-state index < -0.39 is 10.0 Å². The third-order valence-corrected chi connectivity index (χ3v) is 4.82. The Balaban J connectivity index is 2.21. The number of halogens is 1. The maximum absolute atomic E-state index is 11.8. The van der Waals surface area contributed by atoms with E-state index in [9.17, 15) is 8.42 Å². The maximum atomic E-state index is 11.8. The molecule has 0 amide bonds. The summed E-state index contributed by atoms with van der Waals surface area (Å²) in [4.78, 5) is 11.4. The number of hydrogen-bond acceptors (Lipinski definition) is 4. The summed E-state index contributed by atoms with van der Waals surface area (Å²) >= 11 is 6.07. The predicted molar refractivity (Wildman–Crippen MR) is 87.6 cm³/mol. The number of hydrogen-bond donors (Lipinski definition) is 1. The van der Waals surface area contributed by atoms with Gasteiger partial charge in [0.1, 0.15) is 0 Å². The minimum absolute atomic E-state index is 0.348. The maximum Gasteiger partial charge on any atom is 0.233 e. The van der Waals surface area contributed by atoms with Crippen LogP contribution in [0.15, 0.2) is 36.7 Å². The van der Waals surface area contributed by atoms with Crippen LogP contribution in [0.2, 0.25) is 5.15 Å². The van der Waals surface area contributed by atoms with Crippen LogP contribution in [0.3, 0.4) is 0 Å². The summed E-state index contributed by atoms with van der Waals surface area (Å²) in [6, 6.07) is 7.27. The second-order valence-corrected chi connectivity index (χ2v) is 7.23.